The fourth-order valence-electron chi connectivity index (χ4n) is 1.86. The van der Waals surface area contributed by atoms with Crippen molar-refractivity contribution in [1.29, 1.82) is 0 Å². The Hall–Kier alpha value is -2.23. The number of hydrogen-bond donors (Lipinski definition) is 1. The van der Waals surface area contributed by atoms with Gasteiger partial charge in [-0.2, -0.15) is 0 Å². The second-order valence-corrected chi connectivity index (χ2v) is 3.90. The largest absolute Gasteiger partial charge is 0.369 e. The number of carbonyl (C=O) groups excluding carboxylic acids is 1. The molecule has 4 heteroatoms. The van der Waals surface area contributed by atoms with Gasteiger partial charge in [-0.1, -0.05) is 30.3 Å². The fourth-order valence-corrected chi connectivity index (χ4v) is 1.86. The maximum atomic E-state index is 13.7. The van der Waals surface area contributed by atoms with Gasteiger partial charge in [-0.3, -0.25) is 4.79 Å². The summed E-state index contributed by atoms with van der Waals surface area (Å²) < 4.78 is 27.4. The molecule has 0 saturated carbocycles. The first-order valence-electron chi connectivity index (χ1n) is 5.40. The number of rotatable bonds is 3. The Labute approximate surface area is 103 Å². The highest BCUT2D eigenvalue weighted by Crippen LogP contribution is 2.29. The van der Waals surface area contributed by atoms with E-state index < -0.39 is 17.5 Å². The van der Waals surface area contributed by atoms with Gasteiger partial charge in [-0.05, 0) is 23.3 Å². The van der Waals surface area contributed by atoms with Crippen molar-refractivity contribution in [2.24, 2.45) is 5.73 Å². The van der Waals surface area contributed by atoms with E-state index in [2.05, 4.69) is 0 Å². The Morgan fingerprint density at radius 1 is 1.00 bits per heavy atom. The average molecular weight is 247 g/mol. The Morgan fingerprint density at radius 2 is 1.61 bits per heavy atom. The molecule has 2 nitrogen and oxygen atoms in total. The van der Waals surface area contributed by atoms with Gasteiger partial charge in [-0.25, -0.2) is 8.78 Å². The molecule has 0 atom stereocenters. The third-order valence-corrected chi connectivity index (χ3v) is 2.61. The van der Waals surface area contributed by atoms with Crippen LogP contribution < -0.4 is 5.73 Å². The first kappa shape index (κ1) is 12.2. The van der Waals surface area contributed by atoms with Crippen LogP contribution in [0.2, 0.25) is 0 Å². The van der Waals surface area contributed by atoms with E-state index in [1.54, 1.807) is 24.3 Å². The molecular weight excluding hydrogens is 236 g/mol. The zero-order chi connectivity index (χ0) is 13.1. The lowest BCUT2D eigenvalue weighted by atomic mass is 9.96. The second-order valence-electron chi connectivity index (χ2n) is 3.90. The van der Waals surface area contributed by atoms with Crippen LogP contribution in [0.4, 0.5) is 8.78 Å². The van der Waals surface area contributed by atoms with Gasteiger partial charge in [0.1, 0.15) is 11.6 Å². The zero-order valence-corrected chi connectivity index (χ0v) is 9.49. The van der Waals surface area contributed by atoms with E-state index in [4.69, 9.17) is 5.73 Å². The topological polar surface area (TPSA) is 43.1 Å². The summed E-state index contributed by atoms with van der Waals surface area (Å²) in [6, 6.07) is 10.2. The summed E-state index contributed by atoms with van der Waals surface area (Å²) in [6.45, 7) is 0. The predicted molar refractivity (Wildman–Crippen MR) is 64.7 cm³/mol. The summed E-state index contributed by atoms with van der Waals surface area (Å²) in [6.07, 6.45) is -0.0516. The second kappa shape index (κ2) is 4.96. The number of amides is 1. The molecule has 1 amide bonds. The van der Waals surface area contributed by atoms with E-state index in [9.17, 15) is 13.6 Å². The van der Waals surface area contributed by atoms with Gasteiger partial charge in [0, 0.05) is 0 Å². The van der Waals surface area contributed by atoms with Crippen LogP contribution in [0.15, 0.2) is 42.5 Å². The maximum absolute atomic E-state index is 13.7. The highest BCUT2D eigenvalue weighted by atomic mass is 19.1. The lowest BCUT2D eigenvalue weighted by Crippen LogP contribution is -2.14. The van der Waals surface area contributed by atoms with E-state index in [1.807, 2.05) is 0 Å². The van der Waals surface area contributed by atoms with Gasteiger partial charge in [0.2, 0.25) is 5.91 Å². The highest BCUT2D eigenvalue weighted by Gasteiger charge is 2.14. The molecule has 0 spiro atoms. The summed E-state index contributed by atoms with van der Waals surface area (Å²) in [5.41, 5.74) is 5.85. The molecule has 0 aliphatic rings. The van der Waals surface area contributed by atoms with Crippen molar-refractivity contribution in [3.05, 3.63) is 59.7 Å². The maximum Gasteiger partial charge on any atom is 0.221 e. The van der Waals surface area contributed by atoms with Gasteiger partial charge in [0.05, 0.1) is 12.0 Å². The predicted octanol–water partition coefficient (Wildman–Crippen LogP) is 2.66. The van der Waals surface area contributed by atoms with Crippen molar-refractivity contribution in [2.75, 3.05) is 0 Å². The Kier molecular flexibility index (Phi) is 3.37. The van der Waals surface area contributed by atoms with Crippen molar-refractivity contribution in [1.82, 2.24) is 0 Å². The number of hydrogen-bond acceptors (Lipinski definition) is 1. The van der Waals surface area contributed by atoms with Gasteiger partial charge in [0.25, 0.3) is 0 Å². The third kappa shape index (κ3) is 2.37. The molecule has 0 heterocycles. The zero-order valence-electron chi connectivity index (χ0n) is 9.49. The lowest BCUT2D eigenvalue weighted by molar-refractivity contribution is -0.117. The first-order valence-corrected chi connectivity index (χ1v) is 5.40. The summed E-state index contributed by atoms with van der Waals surface area (Å²) in [5.74, 6) is -1.86. The smallest absolute Gasteiger partial charge is 0.221 e. The molecule has 2 rings (SSSR count). The van der Waals surface area contributed by atoms with Crippen LogP contribution in [0.3, 0.4) is 0 Å². The van der Waals surface area contributed by atoms with E-state index in [1.165, 1.54) is 18.2 Å². The van der Waals surface area contributed by atoms with Crippen LogP contribution in [-0.2, 0) is 11.2 Å². The SMILES string of the molecule is NC(=O)Cc1ccccc1-c1c(F)cccc1F. The molecule has 0 radical (unpaired) electrons. The number of benzene rings is 2. The monoisotopic (exact) mass is 247 g/mol. The molecule has 92 valence electrons. The Bertz CT molecular complexity index is 576. The molecule has 0 bridgehead atoms. The van der Waals surface area contributed by atoms with Crippen LogP contribution >= 0.6 is 0 Å². The Balaban J connectivity index is 2.60. The van der Waals surface area contributed by atoms with Crippen molar-refractivity contribution in [3.8, 4) is 11.1 Å². The summed E-state index contributed by atoms with van der Waals surface area (Å²) >= 11 is 0. The standard InChI is InChI=1S/C14H11F2NO/c15-11-6-3-7-12(16)14(11)10-5-2-1-4-9(10)8-13(17)18/h1-7H,8H2,(H2,17,18). The third-order valence-electron chi connectivity index (χ3n) is 2.61. The minimum Gasteiger partial charge on any atom is -0.369 e. The molecule has 0 fully saturated rings. The van der Waals surface area contributed by atoms with Crippen LogP contribution in [-0.4, -0.2) is 5.91 Å². The quantitative estimate of drug-likeness (QED) is 0.890. The van der Waals surface area contributed by atoms with Gasteiger partial charge in [-0.15, -0.1) is 0 Å². The number of nitrogens with two attached hydrogens (primary N) is 1. The van der Waals surface area contributed by atoms with Crippen LogP contribution in [0.1, 0.15) is 5.56 Å². The molecule has 2 aromatic carbocycles. The number of halogens is 2. The Morgan fingerprint density at radius 3 is 2.22 bits per heavy atom. The fraction of sp³-hybridized carbons (Fsp3) is 0.0714. The minimum absolute atomic E-state index is 0.0516. The summed E-state index contributed by atoms with van der Waals surface area (Å²) in [7, 11) is 0. The molecule has 2 N–H and O–H groups in total. The van der Waals surface area contributed by atoms with E-state index in [0.717, 1.165) is 0 Å². The minimum atomic E-state index is -0.660. The van der Waals surface area contributed by atoms with Crippen molar-refractivity contribution in [3.63, 3.8) is 0 Å². The van der Waals surface area contributed by atoms with Gasteiger partial charge < -0.3 is 5.73 Å². The van der Waals surface area contributed by atoms with E-state index >= 15 is 0 Å². The molecule has 0 saturated heterocycles. The van der Waals surface area contributed by atoms with Crippen LogP contribution in [0, 0.1) is 11.6 Å². The first-order chi connectivity index (χ1) is 8.59. The summed E-state index contributed by atoms with van der Waals surface area (Å²) in [4.78, 5) is 11.0. The van der Waals surface area contributed by atoms with Crippen molar-refractivity contribution < 1.29 is 13.6 Å². The molecule has 0 aliphatic carbocycles. The molecule has 0 unspecified atom stereocenters. The molecular formula is C14H11F2NO. The highest BCUT2D eigenvalue weighted by molar-refractivity contribution is 5.80. The average Bonchev–Trinajstić information content (AvgIpc) is 2.30. The summed E-state index contributed by atoms with van der Waals surface area (Å²) in [5, 5.41) is 0. The molecule has 2 aromatic rings. The van der Waals surface area contributed by atoms with E-state index in [-0.39, 0.29) is 12.0 Å². The number of primary amides is 1. The normalized spacial score (nSPS) is 10.3. The van der Waals surface area contributed by atoms with Crippen molar-refractivity contribution >= 4 is 5.91 Å². The lowest BCUT2D eigenvalue weighted by Gasteiger charge is -2.10. The van der Waals surface area contributed by atoms with Gasteiger partial charge in [0.15, 0.2) is 0 Å². The van der Waals surface area contributed by atoms with E-state index in [0.29, 0.717) is 11.1 Å². The van der Waals surface area contributed by atoms with Crippen LogP contribution in [0.25, 0.3) is 11.1 Å². The molecule has 0 aromatic heterocycles. The van der Waals surface area contributed by atoms with Crippen LogP contribution in [0.5, 0.6) is 0 Å². The molecule has 0 aliphatic heterocycles. The number of carbonyl (C=O) groups is 1. The molecule has 18 heavy (non-hydrogen) atoms. The van der Waals surface area contributed by atoms with Crippen molar-refractivity contribution in [2.45, 2.75) is 6.42 Å². The van der Waals surface area contributed by atoms with Gasteiger partial charge >= 0.3 is 0 Å².